The van der Waals surface area contributed by atoms with E-state index in [2.05, 4.69) is 12.1 Å². The molecule has 0 saturated carbocycles. The third-order valence-corrected chi connectivity index (χ3v) is 25.5. The van der Waals surface area contributed by atoms with Gasteiger partial charge in [-0.15, -0.1) is 0 Å². The molecule has 0 N–H and O–H groups in total. The summed E-state index contributed by atoms with van der Waals surface area (Å²) in [7, 11) is 23.9. The number of benzene rings is 10. The fraction of sp³-hybridized carbons (Fsp3) is 0.183. The molecule has 10 aromatic carbocycles. The van der Waals surface area contributed by atoms with E-state index in [1.807, 2.05) is 85.4 Å². The number of aromatic nitrogens is 10. The lowest BCUT2D eigenvalue weighted by atomic mass is 10.1. The third-order valence-electron chi connectivity index (χ3n) is 24.6. The van der Waals surface area contributed by atoms with Gasteiger partial charge in [-0.25, -0.2) is 61.5 Å². The van der Waals surface area contributed by atoms with Crippen molar-refractivity contribution in [3.63, 3.8) is 0 Å². The number of hydrogen-bond acceptors (Lipinski definition) is 14. The summed E-state index contributed by atoms with van der Waals surface area (Å²) in [5, 5.41) is 86.3. The molecule has 0 fully saturated rings. The first-order valence-corrected chi connectivity index (χ1v) is 44.6. The summed E-state index contributed by atoms with van der Waals surface area (Å²) < 4.78 is 228. The Balaban J connectivity index is 0.000000170. The Labute approximate surface area is 863 Å². The Hall–Kier alpha value is -18.1. The van der Waals surface area contributed by atoms with Crippen LogP contribution in [0.4, 0.5) is 61.5 Å². The van der Waals surface area contributed by atoms with Crippen molar-refractivity contribution in [3.8, 4) is 83.4 Å². The van der Waals surface area contributed by atoms with Crippen LogP contribution in [0.1, 0.15) is 81.1 Å². The molecule has 0 atom stereocenters. The zero-order chi connectivity index (χ0) is 110. The Morgan fingerprint density at radius 1 is 0.240 bits per heavy atom. The highest BCUT2D eigenvalue weighted by Crippen LogP contribution is 2.40. The van der Waals surface area contributed by atoms with Gasteiger partial charge in [0.1, 0.15) is 164 Å². The predicted molar refractivity (Wildman–Crippen MR) is 545 cm³/mol. The number of nitriles is 9. The van der Waals surface area contributed by atoms with Gasteiger partial charge in [0.2, 0.25) is 0 Å². The van der Waals surface area contributed by atoms with E-state index in [-0.39, 0.29) is 79.8 Å². The number of rotatable bonds is 5. The SMILES string of the molecule is C.COc1cc(F)c(F)c2c1cc(C#N)n2C.COc1cc(F)cc2c1cc(C#N)n2C.COc1ccc(F)c2c1c(F)c(C)n2C.COc1ccc(F)c2c1cc(C#N)n2C.COc1cccc2c1cc(C#N)n2C.Cc1c(F)c(F)cc2c1cc(C#N)n2C.Cc1c(F)cc(F)c2c1cc(C#N)n2C.Cc1cc(F)c(F)c2c1cc(C#N)n2C.Cn1c(C#N)cc2c(Cl)cc(Cl)cc21.Cn1c(C#N)cc2c(Cl)cc(F)c(F)c21. The predicted octanol–water partition coefficient (Wildman–Crippen LogP) is 26.4. The van der Waals surface area contributed by atoms with E-state index in [0.29, 0.717) is 133 Å². The minimum absolute atomic E-state index is 0. The minimum Gasteiger partial charge on any atom is -0.496 e. The number of nitrogens with zero attached hydrogens (tertiary/aromatic N) is 19. The molecule has 150 heavy (non-hydrogen) atoms. The van der Waals surface area contributed by atoms with E-state index in [1.165, 1.54) is 125 Å². The van der Waals surface area contributed by atoms with Gasteiger partial charge in [-0.1, -0.05) is 48.3 Å². The van der Waals surface area contributed by atoms with Crippen LogP contribution < -0.4 is 23.7 Å². The first kappa shape index (κ1) is 114. The summed E-state index contributed by atoms with van der Waals surface area (Å²) in [4.78, 5) is 0. The molecule has 766 valence electrons. The van der Waals surface area contributed by atoms with Crippen molar-refractivity contribution >= 4 is 144 Å². The van der Waals surface area contributed by atoms with Crippen LogP contribution in [-0.2, 0) is 70.5 Å². The lowest BCUT2D eigenvalue weighted by Crippen LogP contribution is -1.96. The minimum atomic E-state index is -1.02. The number of halogens is 17. The van der Waals surface area contributed by atoms with E-state index in [1.54, 1.807) is 132 Å². The maximum absolute atomic E-state index is 13.8. The molecule has 10 heterocycles. The molecule has 0 saturated heterocycles. The average Bonchev–Trinajstić information content (AvgIpc) is 1.61. The van der Waals surface area contributed by atoms with E-state index in [9.17, 15) is 61.5 Å². The molecule has 0 radical (unpaired) electrons. The van der Waals surface area contributed by atoms with Gasteiger partial charge >= 0.3 is 0 Å². The lowest BCUT2D eigenvalue weighted by molar-refractivity contribution is 0.412. The molecule has 0 aliphatic heterocycles. The molecule has 20 rings (SSSR count). The molecule has 0 amide bonds. The average molecular weight is 2110 g/mol. The van der Waals surface area contributed by atoms with Crippen LogP contribution in [0.25, 0.3) is 109 Å². The van der Waals surface area contributed by atoms with Crippen molar-refractivity contribution < 1.29 is 85.2 Å². The monoisotopic (exact) mass is 2110 g/mol. The summed E-state index contributed by atoms with van der Waals surface area (Å²) in [6, 6.07) is 54.8. The Bertz CT molecular complexity index is 9080. The second-order valence-corrected chi connectivity index (χ2v) is 34.0. The zero-order valence-corrected chi connectivity index (χ0v) is 84.7. The molecule has 0 aliphatic carbocycles. The molecule has 0 unspecified atom stereocenters. The van der Waals surface area contributed by atoms with Crippen molar-refractivity contribution in [1.82, 2.24) is 45.7 Å². The first-order valence-electron chi connectivity index (χ1n) is 43.4. The van der Waals surface area contributed by atoms with E-state index < -0.39 is 69.8 Å². The first-order chi connectivity index (χ1) is 70.7. The van der Waals surface area contributed by atoms with Gasteiger partial charge in [-0.2, -0.15) is 47.4 Å². The summed E-state index contributed by atoms with van der Waals surface area (Å²) in [5.74, 6) is -7.92. The standard InChI is InChI=1S/C11H8F2N2O.3C11H8F2N2.C11H11F2NO.2C11H9FN2O.C11H10N2O.C10H6Cl2N2.C10H5ClF2N2.CH4/c1-15-6(5-14)3-7-9(16-2)4-8(12)10(13)11(7)15;1-6-8-3-7(5-14)15(2)10(8)4-9(12)11(6)13;1-6-8-3-7(5-14)15(2)11(8)10(13)4-9(6)12;1-6-3-9(12)10(13)11-8(6)4-7(5-14)15(11)2;1-6-10(13)9-8(15-3)5-4-7(12)11(9)14(6)2;1-14-8(6-13)5-9-10(14)3-7(12)4-11(9)15-2;1-14-7(6-13)5-8-10(15-2)4-3-9(12)11(8)14;1-13-8(7-12)6-9-10(13)4-3-5-11(9)14-2;1-14-7(5-13)4-8-9(12)2-6(11)3-10(8)14;1-15-5(4-14)2-6-7(11)3-8(12)9(13)10(6)15;/h3-4H,1-2H3;3*3-4H,1-2H3;4-5H,1-3H3;2*3-5H,1-2H3;3-6H,1-2H3;2-4H,1H3;2-3H,1H3;1H4. The summed E-state index contributed by atoms with van der Waals surface area (Å²) in [6.45, 7) is 6.36. The highest BCUT2D eigenvalue weighted by molar-refractivity contribution is 6.38. The fourth-order valence-electron chi connectivity index (χ4n) is 16.5. The normalized spacial score (nSPS) is 10.4. The van der Waals surface area contributed by atoms with Crippen LogP contribution in [0.5, 0.6) is 28.7 Å². The van der Waals surface area contributed by atoms with Crippen molar-refractivity contribution in [2.24, 2.45) is 70.5 Å². The van der Waals surface area contributed by atoms with Gasteiger partial charge in [-0.05, 0) is 166 Å². The molecule has 20 aromatic rings. The second-order valence-electron chi connectivity index (χ2n) is 32.8. The van der Waals surface area contributed by atoms with Crippen molar-refractivity contribution in [3.05, 3.63) is 322 Å². The summed E-state index contributed by atoms with van der Waals surface area (Å²) in [6.07, 6.45) is 0. The van der Waals surface area contributed by atoms with Gasteiger partial charge in [-0.3, -0.25) is 0 Å². The second kappa shape index (κ2) is 47.4. The van der Waals surface area contributed by atoms with Gasteiger partial charge < -0.3 is 69.4 Å². The molecule has 41 heteroatoms. The van der Waals surface area contributed by atoms with Crippen LogP contribution >= 0.6 is 34.8 Å². The van der Waals surface area contributed by atoms with Crippen LogP contribution in [0.3, 0.4) is 0 Å². The number of hydrogen-bond donors (Lipinski definition) is 0. The van der Waals surface area contributed by atoms with Crippen molar-refractivity contribution in [2.75, 3.05) is 35.5 Å². The Morgan fingerprint density at radius 2 is 0.580 bits per heavy atom. The highest BCUT2D eigenvalue weighted by Gasteiger charge is 2.26. The smallest absolute Gasteiger partial charge is 0.183 e. The van der Waals surface area contributed by atoms with E-state index in [4.69, 9.17) is 106 Å². The summed E-state index contributed by atoms with van der Waals surface area (Å²) in [5.41, 5.74) is 9.40. The largest absolute Gasteiger partial charge is 0.496 e. The Morgan fingerprint density at radius 3 is 1.07 bits per heavy atom. The third kappa shape index (κ3) is 21.9. The highest BCUT2D eigenvalue weighted by atomic mass is 35.5. The van der Waals surface area contributed by atoms with Crippen LogP contribution in [0.15, 0.2) is 152 Å². The number of ether oxygens (including phenoxy) is 5. The summed E-state index contributed by atoms with van der Waals surface area (Å²) >= 11 is 17.6. The van der Waals surface area contributed by atoms with E-state index >= 15 is 0 Å². The van der Waals surface area contributed by atoms with Crippen molar-refractivity contribution in [2.45, 2.75) is 35.1 Å². The molecule has 24 nitrogen and oxygen atoms in total. The molecular formula is C109H86Cl3F14N19O5. The number of methoxy groups -OCH3 is 5. The van der Waals surface area contributed by atoms with E-state index in [0.717, 1.165) is 63.3 Å². The quantitative estimate of drug-likeness (QED) is 0.114. The van der Waals surface area contributed by atoms with Gasteiger partial charge in [0, 0.05) is 148 Å². The van der Waals surface area contributed by atoms with Gasteiger partial charge in [0.15, 0.2) is 52.4 Å². The number of aryl methyl sites for hydroxylation is 13. The maximum Gasteiger partial charge on any atom is 0.183 e. The lowest BCUT2D eigenvalue weighted by Gasteiger charge is -2.05. The van der Waals surface area contributed by atoms with Crippen LogP contribution in [-0.4, -0.2) is 81.2 Å². The topological polar surface area (TPSA) is 310 Å². The van der Waals surface area contributed by atoms with Crippen LogP contribution in [0.2, 0.25) is 15.1 Å². The van der Waals surface area contributed by atoms with Crippen molar-refractivity contribution in [1.29, 1.82) is 47.4 Å². The molecule has 0 bridgehead atoms. The van der Waals surface area contributed by atoms with Crippen LogP contribution in [0, 0.1) is 211 Å². The van der Waals surface area contributed by atoms with Gasteiger partial charge in [0.05, 0.1) is 112 Å². The Kier molecular flexibility index (Phi) is 36.0. The fourth-order valence-corrected chi connectivity index (χ4v) is 17.3. The zero-order valence-electron chi connectivity index (χ0n) is 82.4. The van der Waals surface area contributed by atoms with Gasteiger partial charge in [0.25, 0.3) is 0 Å². The molecule has 10 aromatic heterocycles. The maximum atomic E-state index is 13.8. The molecule has 0 spiro atoms. The molecular weight excluding hydrogens is 2030 g/mol. The number of fused-ring (bicyclic) bond motifs is 10. The molecule has 0 aliphatic rings.